The quantitative estimate of drug-likeness (QED) is 0.845. The average molecular weight is 240 g/mol. The van der Waals surface area contributed by atoms with Gasteiger partial charge in [0.1, 0.15) is 0 Å². The number of hydrogen-bond acceptors (Lipinski definition) is 3. The second-order valence-electron chi connectivity index (χ2n) is 5.09. The van der Waals surface area contributed by atoms with Gasteiger partial charge in [-0.05, 0) is 40.0 Å². The molecule has 0 aliphatic heterocycles. The van der Waals surface area contributed by atoms with Gasteiger partial charge in [0.15, 0.2) is 0 Å². The summed E-state index contributed by atoms with van der Waals surface area (Å²) in [4.78, 5) is 5.94. The number of rotatable bonds is 5. The van der Waals surface area contributed by atoms with E-state index in [1.54, 1.807) is 11.3 Å². The second-order valence-corrected chi connectivity index (χ2v) is 6.50. The minimum absolute atomic E-state index is 0.360. The SMILES string of the molecule is Cc1nc(C(C)NC(C)CC(C)C)c(C)s1. The van der Waals surface area contributed by atoms with E-state index in [0.29, 0.717) is 12.1 Å². The van der Waals surface area contributed by atoms with Gasteiger partial charge in [-0.3, -0.25) is 0 Å². The summed E-state index contributed by atoms with van der Waals surface area (Å²) in [6, 6.07) is 0.912. The fourth-order valence-electron chi connectivity index (χ4n) is 2.23. The summed E-state index contributed by atoms with van der Waals surface area (Å²) in [5.74, 6) is 0.743. The van der Waals surface area contributed by atoms with Crippen molar-refractivity contribution in [2.24, 2.45) is 5.92 Å². The summed E-state index contributed by atoms with van der Waals surface area (Å²) in [6.45, 7) is 13.2. The molecule has 0 aliphatic rings. The Hall–Kier alpha value is -0.410. The van der Waals surface area contributed by atoms with Gasteiger partial charge in [0, 0.05) is 17.0 Å². The van der Waals surface area contributed by atoms with Crippen LogP contribution in [0.4, 0.5) is 0 Å². The lowest BCUT2D eigenvalue weighted by atomic mass is 10.0. The maximum Gasteiger partial charge on any atom is 0.0900 e. The first-order valence-electron chi connectivity index (χ1n) is 6.10. The zero-order chi connectivity index (χ0) is 12.3. The second kappa shape index (κ2) is 5.78. The zero-order valence-corrected chi connectivity index (χ0v) is 12.1. The molecule has 0 amide bonds. The van der Waals surface area contributed by atoms with Crippen molar-refractivity contribution in [3.05, 3.63) is 15.6 Å². The third-order valence-electron chi connectivity index (χ3n) is 2.71. The van der Waals surface area contributed by atoms with E-state index in [9.17, 15) is 0 Å². The van der Waals surface area contributed by atoms with Crippen LogP contribution in [0.3, 0.4) is 0 Å². The molecule has 92 valence electrons. The Morgan fingerprint density at radius 3 is 2.25 bits per heavy atom. The molecule has 1 heterocycles. The normalized spacial score (nSPS) is 15.4. The summed E-state index contributed by atoms with van der Waals surface area (Å²) in [5.41, 5.74) is 1.22. The first-order chi connectivity index (χ1) is 7.40. The highest BCUT2D eigenvalue weighted by molar-refractivity contribution is 7.11. The number of nitrogens with zero attached hydrogens (tertiary/aromatic N) is 1. The number of thiazole rings is 1. The van der Waals surface area contributed by atoms with Crippen LogP contribution < -0.4 is 5.32 Å². The predicted molar refractivity (Wildman–Crippen MR) is 72.1 cm³/mol. The topological polar surface area (TPSA) is 24.9 Å². The number of aryl methyl sites for hydroxylation is 2. The molecule has 0 bridgehead atoms. The van der Waals surface area contributed by atoms with Gasteiger partial charge >= 0.3 is 0 Å². The van der Waals surface area contributed by atoms with Crippen molar-refractivity contribution in [1.82, 2.24) is 10.3 Å². The third kappa shape index (κ3) is 3.87. The maximum absolute atomic E-state index is 4.60. The van der Waals surface area contributed by atoms with Crippen molar-refractivity contribution in [3.63, 3.8) is 0 Å². The van der Waals surface area contributed by atoms with Crippen LogP contribution in [0.25, 0.3) is 0 Å². The maximum atomic E-state index is 4.60. The Morgan fingerprint density at radius 2 is 1.81 bits per heavy atom. The van der Waals surface area contributed by atoms with Gasteiger partial charge in [-0.2, -0.15) is 0 Å². The summed E-state index contributed by atoms with van der Waals surface area (Å²) in [6.07, 6.45) is 1.21. The van der Waals surface area contributed by atoms with Crippen LogP contribution in [0.1, 0.15) is 55.7 Å². The molecular formula is C13H24N2S. The van der Waals surface area contributed by atoms with Gasteiger partial charge in [0.25, 0.3) is 0 Å². The molecule has 2 unspecified atom stereocenters. The Labute approximate surface area is 103 Å². The molecule has 3 heteroatoms. The molecule has 2 atom stereocenters. The van der Waals surface area contributed by atoms with Crippen molar-refractivity contribution < 1.29 is 0 Å². The van der Waals surface area contributed by atoms with E-state index < -0.39 is 0 Å². The molecule has 0 fully saturated rings. The lowest BCUT2D eigenvalue weighted by Gasteiger charge is -2.20. The van der Waals surface area contributed by atoms with Crippen molar-refractivity contribution in [3.8, 4) is 0 Å². The van der Waals surface area contributed by atoms with Gasteiger partial charge in [0.05, 0.1) is 10.7 Å². The minimum Gasteiger partial charge on any atom is -0.306 e. The van der Waals surface area contributed by atoms with Gasteiger partial charge in [0.2, 0.25) is 0 Å². The summed E-state index contributed by atoms with van der Waals surface area (Å²) in [5, 5.41) is 4.79. The molecule has 16 heavy (non-hydrogen) atoms. The first-order valence-corrected chi connectivity index (χ1v) is 6.91. The molecule has 0 radical (unpaired) electrons. The van der Waals surface area contributed by atoms with E-state index in [2.05, 4.69) is 51.8 Å². The molecule has 0 saturated heterocycles. The van der Waals surface area contributed by atoms with Crippen LogP contribution in [-0.2, 0) is 0 Å². The standard InChI is InChI=1S/C13H24N2S/c1-8(2)7-9(3)14-10(4)13-11(5)16-12(6)15-13/h8-10,14H,7H2,1-6H3. The van der Waals surface area contributed by atoms with Gasteiger partial charge in [-0.15, -0.1) is 11.3 Å². The van der Waals surface area contributed by atoms with Gasteiger partial charge < -0.3 is 5.32 Å². The van der Waals surface area contributed by atoms with E-state index in [1.807, 2.05) is 0 Å². The first kappa shape index (κ1) is 13.7. The lowest BCUT2D eigenvalue weighted by molar-refractivity contribution is 0.403. The van der Waals surface area contributed by atoms with E-state index in [1.165, 1.54) is 17.0 Å². The van der Waals surface area contributed by atoms with Crippen LogP contribution in [-0.4, -0.2) is 11.0 Å². The highest BCUT2D eigenvalue weighted by Crippen LogP contribution is 2.23. The Kier molecular flexibility index (Phi) is 4.93. The molecule has 1 N–H and O–H groups in total. The molecule has 1 rings (SSSR count). The molecule has 1 aromatic heterocycles. The highest BCUT2D eigenvalue weighted by Gasteiger charge is 2.15. The molecule has 0 saturated carbocycles. The Balaban J connectivity index is 2.58. The van der Waals surface area contributed by atoms with Crippen molar-refractivity contribution in [1.29, 1.82) is 0 Å². The predicted octanol–water partition coefficient (Wildman–Crippen LogP) is 3.85. The summed E-state index contributed by atoms with van der Waals surface area (Å²) in [7, 11) is 0. The van der Waals surface area contributed by atoms with E-state index in [-0.39, 0.29) is 0 Å². The third-order valence-corrected chi connectivity index (χ3v) is 3.61. The highest BCUT2D eigenvalue weighted by atomic mass is 32.1. The fourth-order valence-corrected chi connectivity index (χ4v) is 3.14. The Bertz CT molecular complexity index is 331. The zero-order valence-electron chi connectivity index (χ0n) is 11.3. The van der Waals surface area contributed by atoms with Crippen LogP contribution in [0, 0.1) is 19.8 Å². The lowest BCUT2D eigenvalue weighted by Crippen LogP contribution is -2.30. The monoisotopic (exact) mass is 240 g/mol. The average Bonchev–Trinajstić information content (AvgIpc) is 2.43. The van der Waals surface area contributed by atoms with E-state index >= 15 is 0 Å². The molecule has 0 aromatic carbocycles. The van der Waals surface area contributed by atoms with Gasteiger partial charge in [-0.25, -0.2) is 4.98 Å². The van der Waals surface area contributed by atoms with Crippen molar-refractivity contribution in [2.75, 3.05) is 0 Å². The summed E-state index contributed by atoms with van der Waals surface area (Å²) >= 11 is 1.79. The minimum atomic E-state index is 0.360. The number of aromatic nitrogens is 1. The molecule has 0 aliphatic carbocycles. The Morgan fingerprint density at radius 1 is 1.19 bits per heavy atom. The molecule has 0 spiro atoms. The van der Waals surface area contributed by atoms with E-state index in [4.69, 9.17) is 0 Å². The fraction of sp³-hybridized carbons (Fsp3) is 0.769. The van der Waals surface area contributed by atoms with Crippen molar-refractivity contribution >= 4 is 11.3 Å². The number of nitrogens with one attached hydrogen (secondary N) is 1. The van der Waals surface area contributed by atoms with Crippen LogP contribution in [0.2, 0.25) is 0 Å². The molecule has 2 nitrogen and oxygen atoms in total. The van der Waals surface area contributed by atoms with Crippen LogP contribution in [0.5, 0.6) is 0 Å². The smallest absolute Gasteiger partial charge is 0.0900 e. The van der Waals surface area contributed by atoms with Crippen molar-refractivity contribution in [2.45, 2.75) is 60.0 Å². The van der Waals surface area contributed by atoms with Crippen LogP contribution >= 0.6 is 11.3 Å². The molecular weight excluding hydrogens is 216 g/mol. The van der Waals surface area contributed by atoms with E-state index in [0.717, 1.165) is 10.9 Å². The van der Waals surface area contributed by atoms with Gasteiger partial charge in [-0.1, -0.05) is 13.8 Å². The number of hydrogen-bond donors (Lipinski definition) is 1. The largest absolute Gasteiger partial charge is 0.306 e. The van der Waals surface area contributed by atoms with Crippen LogP contribution in [0.15, 0.2) is 0 Å². The molecule has 1 aromatic rings. The summed E-state index contributed by atoms with van der Waals surface area (Å²) < 4.78 is 0.